The molecule has 5 nitrogen and oxygen atoms in total. The first-order valence-electron chi connectivity index (χ1n) is 5.55. The highest BCUT2D eigenvalue weighted by Crippen LogP contribution is 2.31. The zero-order valence-corrected chi connectivity index (χ0v) is 10.0. The fraction of sp³-hybridized carbons (Fsp3) is 0.0909. The Kier molecular flexibility index (Phi) is 2.81. The highest BCUT2D eigenvalue weighted by atomic mass is 19.3. The Bertz CT molecular complexity index is 814. The second-order valence-corrected chi connectivity index (χ2v) is 4.16. The third-order valence-electron chi connectivity index (χ3n) is 2.86. The summed E-state index contributed by atoms with van der Waals surface area (Å²) in [7, 11) is 0. The number of anilines is 1. The van der Waals surface area contributed by atoms with E-state index in [-0.39, 0.29) is 22.5 Å². The van der Waals surface area contributed by atoms with Gasteiger partial charge in [-0.25, -0.2) is 26.6 Å². The Morgan fingerprint density at radius 1 is 1.14 bits per heavy atom. The van der Waals surface area contributed by atoms with Crippen molar-refractivity contribution in [2.75, 3.05) is 5.73 Å². The lowest BCUT2D eigenvalue weighted by Gasteiger charge is -2.03. The molecule has 3 aromatic rings. The van der Waals surface area contributed by atoms with Crippen LogP contribution >= 0.6 is 0 Å². The van der Waals surface area contributed by atoms with Gasteiger partial charge in [0.2, 0.25) is 0 Å². The maximum Gasteiger partial charge on any atom is 0.282 e. The Labute approximate surface area is 113 Å². The van der Waals surface area contributed by atoms with E-state index in [0.29, 0.717) is 12.1 Å². The molecule has 0 atom stereocenters. The maximum atomic E-state index is 13.2. The summed E-state index contributed by atoms with van der Waals surface area (Å²) in [6.45, 7) is 0. The second-order valence-electron chi connectivity index (χ2n) is 4.16. The van der Waals surface area contributed by atoms with Gasteiger partial charge in [-0.1, -0.05) is 0 Å². The van der Waals surface area contributed by atoms with Crippen LogP contribution < -0.4 is 5.73 Å². The van der Waals surface area contributed by atoms with Crippen molar-refractivity contribution < 1.29 is 22.0 Å². The molecule has 0 saturated carbocycles. The van der Waals surface area contributed by atoms with Crippen molar-refractivity contribution in [3.05, 3.63) is 35.3 Å². The van der Waals surface area contributed by atoms with Gasteiger partial charge in [-0.2, -0.15) is 10.2 Å². The standard InChI is InChI=1S/C11H6F5N5/c12-4-1-3(2-5(13)7(4)14)21-11-6(10(17)18-19-11)8(20-21)9(15)16/h1-2,9H,(H3,17,18,19). The highest BCUT2D eigenvalue weighted by molar-refractivity contribution is 5.90. The fourth-order valence-corrected chi connectivity index (χ4v) is 1.95. The summed E-state index contributed by atoms with van der Waals surface area (Å²) in [5.74, 6) is -4.78. The number of halogens is 5. The van der Waals surface area contributed by atoms with Gasteiger partial charge in [0.05, 0.1) is 11.1 Å². The number of nitrogens with two attached hydrogens (primary N) is 1. The predicted octanol–water partition coefficient (Wildman–Crippen LogP) is 2.69. The molecule has 0 fully saturated rings. The van der Waals surface area contributed by atoms with Gasteiger partial charge in [0.25, 0.3) is 6.43 Å². The third-order valence-corrected chi connectivity index (χ3v) is 2.86. The number of H-pyrrole nitrogens is 1. The molecule has 0 aliphatic heterocycles. The van der Waals surface area contributed by atoms with E-state index in [1.54, 1.807) is 0 Å². The number of aromatic amines is 1. The number of hydrogen-bond donors (Lipinski definition) is 2. The van der Waals surface area contributed by atoms with E-state index in [0.717, 1.165) is 4.68 Å². The normalized spacial score (nSPS) is 11.7. The average molecular weight is 303 g/mol. The van der Waals surface area contributed by atoms with E-state index in [1.165, 1.54) is 0 Å². The monoisotopic (exact) mass is 303 g/mol. The smallest absolute Gasteiger partial charge is 0.282 e. The molecule has 3 rings (SSSR count). The zero-order valence-electron chi connectivity index (χ0n) is 10.0. The first kappa shape index (κ1) is 13.3. The van der Waals surface area contributed by atoms with Crippen molar-refractivity contribution in [2.24, 2.45) is 0 Å². The molecule has 0 unspecified atom stereocenters. The third kappa shape index (κ3) is 1.90. The molecule has 0 radical (unpaired) electrons. The molecule has 21 heavy (non-hydrogen) atoms. The molecular weight excluding hydrogens is 297 g/mol. The van der Waals surface area contributed by atoms with E-state index < -0.39 is 29.6 Å². The van der Waals surface area contributed by atoms with Crippen LogP contribution in [0.15, 0.2) is 12.1 Å². The van der Waals surface area contributed by atoms with Crippen molar-refractivity contribution in [3.8, 4) is 5.69 Å². The van der Waals surface area contributed by atoms with Crippen molar-refractivity contribution >= 4 is 16.9 Å². The van der Waals surface area contributed by atoms with Crippen LogP contribution in [-0.4, -0.2) is 20.0 Å². The lowest BCUT2D eigenvalue weighted by atomic mass is 10.3. The highest BCUT2D eigenvalue weighted by Gasteiger charge is 2.24. The number of alkyl halides is 2. The lowest BCUT2D eigenvalue weighted by Crippen LogP contribution is -2.02. The summed E-state index contributed by atoms with van der Waals surface area (Å²) in [4.78, 5) is 0. The Morgan fingerprint density at radius 2 is 1.76 bits per heavy atom. The number of hydrogen-bond acceptors (Lipinski definition) is 3. The van der Waals surface area contributed by atoms with Gasteiger partial charge < -0.3 is 5.73 Å². The molecule has 0 bridgehead atoms. The van der Waals surface area contributed by atoms with Crippen molar-refractivity contribution in [2.45, 2.75) is 6.43 Å². The minimum atomic E-state index is -2.97. The number of nitrogen functional groups attached to an aromatic ring is 1. The van der Waals surface area contributed by atoms with Crippen LogP contribution in [0.25, 0.3) is 16.7 Å². The molecule has 0 aliphatic rings. The minimum Gasteiger partial charge on any atom is -0.383 e. The van der Waals surface area contributed by atoms with Gasteiger partial charge >= 0.3 is 0 Å². The van der Waals surface area contributed by atoms with Gasteiger partial charge in [0.1, 0.15) is 11.5 Å². The van der Waals surface area contributed by atoms with Gasteiger partial charge in [-0.15, -0.1) is 0 Å². The molecule has 3 N–H and O–H groups in total. The Morgan fingerprint density at radius 3 is 2.33 bits per heavy atom. The van der Waals surface area contributed by atoms with Crippen LogP contribution in [0.5, 0.6) is 0 Å². The minimum absolute atomic E-state index is 0.145. The number of aromatic nitrogens is 4. The maximum absolute atomic E-state index is 13.2. The van der Waals surface area contributed by atoms with Gasteiger partial charge in [-0.05, 0) is 0 Å². The molecule has 110 valence electrons. The summed E-state index contributed by atoms with van der Waals surface area (Å²) in [5.41, 5.74) is 4.34. The second kappa shape index (κ2) is 4.43. The van der Waals surface area contributed by atoms with E-state index in [2.05, 4.69) is 15.3 Å². The van der Waals surface area contributed by atoms with E-state index in [9.17, 15) is 22.0 Å². The molecule has 2 aromatic heterocycles. The number of rotatable bonds is 2. The van der Waals surface area contributed by atoms with E-state index in [1.807, 2.05) is 0 Å². The number of nitrogens with one attached hydrogen (secondary N) is 1. The van der Waals surface area contributed by atoms with Gasteiger partial charge in [0.15, 0.2) is 23.1 Å². The Hall–Kier alpha value is -2.65. The average Bonchev–Trinajstić information content (AvgIpc) is 2.97. The van der Waals surface area contributed by atoms with Gasteiger partial charge in [0, 0.05) is 12.1 Å². The quantitative estimate of drug-likeness (QED) is 0.565. The summed E-state index contributed by atoms with van der Waals surface area (Å²) >= 11 is 0. The first-order chi connectivity index (χ1) is 9.90. The van der Waals surface area contributed by atoms with Crippen LogP contribution in [0.3, 0.4) is 0 Å². The van der Waals surface area contributed by atoms with Crippen LogP contribution in [0, 0.1) is 17.5 Å². The molecule has 10 heteroatoms. The van der Waals surface area contributed by atoms with E-state index in [4.69, 9.17) is 5.73 Å². The number of nitrogens with zero attached hydrogens (tertiary/aromatic N) is 3. The SMILES string of the molecule is Nc1[nH]nc2c1c(C(F)F)nn2-c1cc(F)c(F)c(F)c1. The van der Waals surface area contributed by atoms with Crippen molar-refractivity contribution in [1.82, 2.24) is 20.0 Å². The molecule has 0 saturated heterocycles. The topological polar surface area (TPSA) is 72.5 Å². The van der Waals surface area contributed by atoms with Crippen LogP contribution in [0.1, 0.15) is 12.1 Å². The van der Waals surface area contributed by atoms with Crippen LogP contribution in [0.4, 0.5) is 27.8 Å². The summed E-state index contributed by atoms with van der Waals surface area (Å²) in [5, 5.41) is 9.32. The Balaban J connectivity index is 2.31. The van der Waals surface area contributed by atoms with Crippen molar-refractivity contribution in [3.63, 3.8) is 0 Å². The molecule has 0 spiro atoms. The lowest BCUT2D eigenvalue weighted by molar-refractivity contribution is 0.147. The predicted molar refractivity (Wildman–Crippen MR) is 62.5 cm³/mol. The summed E-state index contributed by atoms with van der Waals surface area (Å²) in [6.07, 6.45) is -2.97. The van der Waals surface area contributed by atoms with Gasteiger partial charge in [-0.3, -0.25) is 5.10 Å². The molecule has 1 aromatic carbocycles. The molecular formula is C11H6F5N5. The van der Waals surface area contributed by atoms with Crippen LogP contribution in [0.2, 0.25) is 0 Å². The molecule has 0 amide bonds. The van der Waals surface area contributed by atoms with Crippen molar-refractivity contribution in [1.29, 1.82) is 0 Å². The summed E-state index contributed by atoms with van der Waals surface area (Å²) < 4.78 is 66.0. The zero-order chi connectivity index (χ0) is 15.3. The largest absolute Gasteiger partial charge is 0.383 e. The fourth-order valence-electron chi connectivity index (χ4n) is 1.95. The molecule has 2 heterocycles. The number of fused-ring (bicyclic) bond motifs is 1. The summed E-state index contributed by atoms with van der Waals surface area (Å²) in [6, 6.07) is 1.23. The van der Waals surface area contributed by atoms with E-state index >= 15 is 0 Å². The van der Waals surface area contributed by atoms with Crippen LogP contribution in [-0.2, 0) is 0 Å². The number of benzene rings is 1. The first-order valence-corrected chi connectivity index (χ1v) is 5.55. The molecule has 0 aliphatic carbocycles.